The zero-order chi connectivity index (χ0) is 13.8. The Bertz CT molecular complexity index is 407. The fourth-order valence-electron chi connectivity index (χ4n) is 2.44. The van der Waals surface area contributed by atoms with Crippen molar-refractivity contribution in [2.24, 2.45) is 0 Å². The first-order valence-corrected chi connectivity index (χ1v) is 8.23. The Kier molecular flexibility index (Phi) is 5.17. The van der Waals surface area contributed by atoms with Gasteiger partial charge >= 0.3 is 0 Å². The van der Waals surface area contributed by atoms with E-state index in [1.165, 1.54) is 17.9 Å². The molecule has 1 heterocycles. The summed E-state index contributed by atoms with van der Waals surface area (Å²) in [4.78, 5) is 2.57. The van der Waals surface area contributed by atoms with Gasteiger partial charge in [0.25, 0.3) is 0 Å². The van der Waals surface area contributed by atoms with Gasteiger partial charge in [-0.2, -0.15) is 11.8 Å². The number of para-hydroxylation sites is 1. The standard InChI is InChI=1S/C16H25NOS/c1-12(2)18-16-8-6-5-7-15(16)11-17-9-10-19-14(4)13(17)3/h5-8,12-14H,9-11H2,1-4H3. The molecule has 0 aliphatic carbocycles. The molecule has 1 aliphatic heterocycles. The Morgan fingerprint density at radius 3 is 2.79 bits per heavy atom. The van der Waals surface area contributed by atoms with Crippen LogP contribution in [-0.4, -0.2) is 34.6 Å². The minimum Gasteiger partial charge on any atom is -0.491 e. The van der Waals surface area contributed by atoms with E-state index in [1.807, 2.05) is 0 Å². The van der Waals surface area contributed by atoms with E-state index in [9.17, 15) is 0 Å². The van der Waals surface area contributed by atoms with Crippen LogP contribution in [0.25, 0.3) is 0 Å². The second kappa shape index (κ2) is 6.67. The van der Waals surface area contributed by atoms with E-state index in [1.54, 1.807) is 0 Å². The van der Waals surface area contributed by atoms with Crippen LogP contribution < -0.4 is 4.74 Å². The van der Waals surface area contributed by atoms with Crippen LogP contribution in [0, 0.1) is 0 Å². The van der Waals surface area contributed by atoms with Crippen molar-refractivity contribution >= 4 is 11.8 Å². The number of thioether (sulfide) groups is 1. The molecule has 1 aromatic rings. The van der Waals surface area contributed by atoms with Crippen LogP contribution in [0.2, 0.25) is 0 Å². The van der Waals surface area contributed by atoms with Gasteiger partial charge in [-0.1, -0.05) is 25.1 Å². The number of benzene rings is 1. The van der Waals surface area contributed by atoms with Crippen molar-refractivity contribution < 1.29 is 4.74 Å². The summed E-state index contributed by atoms with van der Waals surface area (Å²) in [5.41, 5.74) is 1.31. The van der Waals surface area contributed by atoms with Crippen LogP contribution in [0.15, 0.2) is 24.3 Å². The number of hydrogen-bond donors (Lipinski definition) is 0. The maximum Gasteiger partial charge on any atom is 0.124 e. The van der Waals surface area contributed by atoms with Crippen LogP contribution in [0.3, 0.4) is 0 Å². The first-order chi connectivity index (χ1) is 9.08. The predicted molar refractivity (Wildman–Crippen MR) is 84.0 cm³/mol. The minimum absolute atomic E-state index is 0.231. The molecule has 1 aliphatic rings. The van der Waals surface area contributed by atoms with Gasteiger partial charge in [-0.05, 0) is 26.8 Å². The summed E-state index contributed by atoms with van der Waals surface area (Å²) < 4.78 is 5.92. The Balaban J connectivity index is 2.09. The average Bonchev–Trinajstić information content (AvgIpc) is 2.36. The predicted octanol–water partition coefficient (Wildman–Crippen LogP) is 3.80. The Labute approximate surface area is 121 Å². The number of hydrogen-bond acceptors (Lipinski definition) is 3. The molecule has 0 radical (unpaired) electrons. The molecule has 2 unspecified atom stereocenters. The van der Waals surface area contributed by atoms with Crippen molar-refractivity contribution in [3.63, 3.8) is 0 Å². The number of rotatable bonds is 4. The highest BCUT2D eigenvalue weighted by molar-refractivity contribution is 8.00. The molecular formula is C16H25NOS. The summed E-state index contributed by atoms with van der Waals surface area (Å²) >= 11 is 2.08. The third-order valence-electron chi connectivity index (χ3n) is 3.72. The van der Waals surface area contributed by atoms with Gasteiger partial charge in [0, 0.05) is 35.7 Å². The Morgan fingerprint density at radius 1 is 1.32 bits per heavy atom. The van der Waals surface area contributed by atoms with E-state index in [0.717, 1.165) is 12.3 Å². The lowest BCUT2D eigenvalue weighted by Gasteiger charge is -2.37. The topological polar surface area (TPSA) is 12.5 Å². The van der Waals surface area contributed by atoms with E-state index in [0.29, 0.717) is 11.3 Å². The first kappa shape index (κ1) is 14.7. The van der Waals surface area contributed by atoms with Gasteiger partial charge in [0.1, 0.15) is 5.75 Å². The van der Waals surface area contributed by atoms with Crippen molar-refractivity contribution in [1.82, 2.24) is 4.90 Å². The molecule has 3 heteroatoms. The zero-order valence-electron chi connectivity index (χ0n) is 12.4. The van der Waals surface area contributed by atoms with Crippen LogP contribution in [-0.2, 0) is 6.54 Å². The molecule has 0 saturated carbocycles. The van der Waals surface area contributed by atoms with Crippen LogP contribution in [0.5, 0.6) is 5.75 Å². The number of ether oxygens (including phenoxy) is 1. The Morgan fingerprint density at radius 2 is 2.05 bits per heavy atom. The SMILES string of the molecule is CC(C)Oc1ccccc1CN1CCSC(C)C1C. The highest BCUT2D eigenvalue weighted by Crippen LogP contribution is 2.28. The summed E-state index contributed by atoms with van der Waals surface area (Å²) in [5, 5.41) is 0.715. The van der Waals surface area contributed by atoms with E-state index < -0.39 is 0 Å². The fraction of sp³-hybridized carbons (Fsp3) is 0.625. The second-order valence-corrected chi connectivity index (χ2v) is 7.05. The normalized spacial score (nSPS) is 24.7. The summed E-state index contributed by atoms with van der Waals surface area (Å²) in [6.07, 6.45) is 0.231. The van der Waals surface area contributed by atoms with Crippen molar-refractivity contribution in [2.75, 3.05) is 12.3 Å². The third kappa shape index (κ3) is 3.90. The first-order valence-electron chi connectivity index (χ1n) is 7.18. The van der Waals surface area contributed by atoms with E-state index in [-0.39, 0.29) is 6.10 Å². The van der Waals surface area contributed by atoms with Gasteiger partial charge in [0.2, 0.25) is 0 Å². The summed E-state index contributed by atoms with van der Waals surface area (Å²) in [6.45, 7) is 11.0. The minimum atomic E-state index is 0.231. The van der Waals surface area contributed by atoms with Gasteiger partial charge < -0.3 is 4.74 Å². The van der Waals surface area contributed by atoms with Crippen molar-refractivity contribution in [1.29, 1.82) is 0 Å². The molecule has 0 bridgehead atoms. The largest absolute Gasteiger partial charge is 0.491 e. The molecule has 2 nitrogen and oxygen atoms in total. The van der Waals surface area contributed by atoms with Crippen LogP contribution in [0.1, 0.15) is 33.3 Å². The summed E-state index contributed by atoms with van der Waals surface area (Å²) in [6, 6.07) is 9.07. The van der Waals surface area contributed by atoms with Gasteiger partial charge in [0.15, 0.2) is 0 Å². The van der Waals surface area contributed by atoms with E-state index >= 15 is 0 Å². The molecular weight excluding hydrogens is 254 g/mol. The van der Waals surface area contributed by atoms with Crippen molar-refractivity contribution in [3.8, 4) is 5.75 Å². The van der Waals surface area contributed by atoms with Crippen molar-refractivity contribution in [3.05, 3.63) is 29.8 Å². The van der Waals surface area contributed by atoms with Crippen molar-refractivity contribution in [2.45, 2.75) is 51.6 Å². The van der Waals surface area contributed by atoms with Gasteiger partial charge in [-0.15, -0.1) is 0 Å². The molecule has 0 N–H and O–H groups in total. The molecule has 1 aromatic carbocycles. The van der Waals surface area contributed by atoms with E-state index in [4.69, 9.17) is 4.74 Å². The zero-order valence-corrected chi connectivity index (χ0v) is 13.2. The third-order valence-corrected chi connectivity index (χ3v) is 5.06. The van der Waals surface area contributed by atoms with Gasteiger partial charge in [-0.3, -0.25) is 4.90 Å². The fourth-order valence-corrected chi connectivity index (χ4v) is 3.60. The molecule has 2 rings (SSSR count). The second-order valence-electron chi connectivity index (χ2n) is 5.56. The molecule has 0 aromatic heterocycles. The quantitative estimate of drug-likeness (QED) is 0.832. The van der Waals surface area contributed by atoms with Gasteiger partial charge in [-0.25, -0.2) is 0 Å². The average molecular weight is 279 g/mol. The van der Waals surface area contributed by atoms with E-state index in [2.05, 4.69) is 68.6 Å². The summed E-state index contributed by atoms with van der Waals surface area (Å²) in [5.74, 6) is 2.27. The maximum absolute atomic E-state index is 5.92. The lowest BCUT2D eigenvalue weighted by atomic mass is 10.1. The van der Waals surface area contributed by atoms with Crippen LogP contribution in [0.4, 0.5) is 0 Å². The maximum atomic E-state index is 5.92. The van der Waals surface area contributed by atoms with Crippen LogP contribution >= 0.6 is 11.8 Å². The highest BCUT2D eigenvalue weighted by Gasteiger charge is 2.25. The molecule has 106 valence electrons. The molecule has 1 fully saturated rings. The highest BCUT2D eigenvalue weighted by atomic mass is 32.2. The molecule has 0 spiro atoms. The summed E-state index contributed by atoms with van der Waals surface area (Å²) in [7, 11) is 0. The van der Waals surface area contributed by atoms with Gasteiger partial charge in [0.05, 0.1) is 6.10 Å². The molecule has 0 amide bonds. The smallest absolute Gasteiger partial charge is 0.124 e. The molecule has 1 saturated heterocycles. The monoisotopic (exact) mass is 279 g/mol. The molecule has 2 atom stereocenters. The number of nitrogens with zero attached hydrogens (tertiary/aromatic N) is 1. The lowest BCUT2D eigenvalue weighted by Crippen LogP contribution is -2.44. The lowest BCUT2D eigenvalue weighted by molar-refractivity contribution is 0.194. The Hall–Kier alpha value is -0.670. The molecule has 19 heavy (non-hydrogen) atoms.